The molecule has 0 aliphatic heterocycles. The second kappa shape index (κ2) is 9.49. The van der Waals surface area contributed by atoms with Crippen molar-refractivity contribution in [2.45, 2.75) is 51.4 Å². The number of aliphatic hydroxyl groups is 1. The van der Waals surface area contributed by atoms with Crippen LogP contribution in [0.3, 0.4) is 0 Å². The molecular formula is C23H24ClN3O4. The summed E-state index contributed by atoms with van der Waals surface area (Å²) in [5.74, 6) is 0.797. The van der Waals surface area contributed by atoms with E-state index < -0.39 is 6.10 Å². The van der Waals surface area contributed by atoms with Gasteiger partial charge in [-0.15, -0.1) is 0 Å². The van der Waals surface area contributed by atoms with Gasteiger partial charge >= 0.3 is 0 Å². The molecule has 2 N–H and O–H groups in total. The molecule has 2 aromatic heterocycles. The van der Waals surface area contributed by atoms with Crippen LogP contribution in [0.15, 0.2) is 47.1 Å². The van der Waals surface area contributed by atoms with Crippen LogP contribution in [0, 0.1) is 6.92 Å². The van der Waals surface area contributed by atoms with E-state index in [2.05, 4.69) is 15.5 Å². The van der Waals surface area contributed by atoms with E-state index >= 15 is 0 Å². The zero-order valence-electron chi connectivity index (χ0n) is 17.2. The first kappa shape index (κ1) is 21.3. The Labute approximate surface area is 185 Å². The first-order valence-corrected chi connectivity index (χ1v) is 10.7. The van der Waals surface area contributed by atoms with E-state index in [9.17, 15) is 9.90 Å². The Morgan fingerprint density at radius 1 is 1.26 bits per heavy atom. The fourth-order valence-corrected chi connectivity index (χ4v) is 3.81. The van der Waals surface area contributed by atoms with E-state index in [0.29, 0.717) is 39.9 Å². The summed E-state index contributed by atoms with van der Waals surface area (Å²) < 4.78 is 11.0. The summed E-state index contributed by atoms with van der Waals surface area (Å²) in [5.41, 5.74) is 2.52. The summed E-state index contributed by atoms with van der Waals surface area (Å²) in [6.45, 7) is 2.00. The number of hydrogen-bond acceptors (Lipinski definition) is 6. The van der Waals surface area contributed by atoms with Crippen molar-refractivity contribution < 1.29 is 19.2 Å². The Morgan fingerprint density at radius 2 is 2.03 bits per heavy atom. The molecule has 162 valence electrons. The minimum Gasteiger partial charge on any atom is -0.471 e. The molecule has 7 nitrogen and oxygen atoms in total. The van der Waals surface area contributed by atoms with Crippen molar-refractivity contribution in [2.24, 2.45) is 0 Å². The van der Waals surface area contributed by atoms with Crippen molar-refractivity contribution in [3.8, 4) is 17.0 Å². The topological polar surface area (TPSA) is 97.5 Å². The molecule has 1 saturated carbocycles. The summed E-state index contributed by atoms with van der Waals surface area (Å²) in [6, 6.07) is 10.5. The van der Waals surface area contributed by atoms with Gasteiger partial charge in [-0.1, -0.05) is 41.7 Å². The third-order valence-electron chi connectivity index (χ3n) is 5.35. The van der Waals surface area contributed by atoms with E-state index in [1.807, 2.05) is 19.1 Å². The van der Waals surface area contributed by atoms with Crippen LogP contribution in [0.4, 0.5) is 0 Å². The summed E-state index contributed by atoms with van der Waals surface area (Å²) in [7, 11) is 0. The monoisotopic (exact) mass is 441 g/mol. The molecule has 1 aliphatic carbocycles. The van der Waals surface area contributed by atoms with Crippen molar-refractivity contribution in [1.82, 2.24) is 15.5 Å². The number of ether oxygens (including phenoxy) is 1. The van der Waals surface area contributed by atoms with Gasteiger partial charge in [0.15, 0.2) is 0 Å². The lowest BCUT2D eigenvalue weighted by Crippen LogP contribution is -2.45. The maximum Gasteiger partial charge on any atom is 0.253 e. The fourth-order valence-electron chi connectivity index (χ4n) is 3.69. The zero-order chi connectivity index (χ0) is 21.8. The number of nitrogens with one attached hydrogen (secondary N) is 1. The third kappa shape index (κ3) is 5.24. The van der Waals surface area contributed by atoms with Gasteiger partial charge in [0.1, 0.15) is 18.1 Å². The molecule has 1 fully saturated rings. The predicted octanol–water partition coefficient (Wildman–Crippen LogP) is 4.31. The molecule has 0 bridgehead atoms. The molecule has 31 heavy (non-hydrogen) atoms. The van der Waals surface area contributed by atoms with Crippen LogP contribution >= 0.6 is 11.6 Å². The van der Waals surface area contributed by atoms with E-state index in [1.165, 1.54) is 6.20 Å². The number of aliphatic hydroxyl groups excluding tert-OH is 1. The Bertz CT molecular complexity index is 1050. The lowest BCUT2D eigenvalue weighted by atomic mass is 9.92. The minimum absolute atomic E-state index is 0.185. The summed E-state index contributed by atoms with van der Waals surface area (Å²) in [4.78, 5) is 17.2. The van der Waals surface area contributed by atoms with Gasteiger partial charge in [-0.2, -0.15) is 0 Å². The lowest BCUT2D eigenvalue weighted by Gasteiger charge is -2.28. The first-order valence-electron chi connectivity index (χ1n) is 10.3. The number of benzene rings is 1. The van der Waals surface area contributed by atoms with Crippen LogP contribution in [0.1, 0.15) is 47.5 Å². The summed E-state index contributed by atoms with van der Waals surface area (Å²) in [5, 5.41) is 17.6. The van der Waals surface area contributed by atoms with Crippen molar-refractivity contribution in [2.75, 3.05) is 0 Å². The van der Waals surface area contributed by atoms with Gasteiger partial charge < -0.3 is 19.7 Å². The highest BCUT2D eigenvalue weighted by Gasteiger charge is 2.25. The summed E-state index contributed by atoms with van der Waals surface area (Å²) >= 11 is 6.03. The molecule has 1 amide bonds. The number of aryl methyl sites for hydroxylation is 1. The zero-order valence-corrected chi connectivity index (χ0v) is 17.9. The van der Waals surface area contributed by atoms with E-state index in [-0.39, 0.29) is 18.6 Å². The van der Waals surface area contributed by atoms with Crippen LogP contribution < -0.4 is 10.1 Å². The highest BCUT2D eigenvalue weighted by atomic mass is 35.5. The quantitative estimate of drug-likeness (QED) is 0.591. The van der Waals surface area contributed by atoms with Crippen molar-refractivity contribution in [1.29, 1.82) is 0 Å². The number of nitrogens with zero attached hydrogens (tertiary/aromatic N) is 2. The molecule has 0 saturated heterocycles. The van der Waals surface area contributed by atoms with E-state index in [0.717, 1.165) is 24.8 Å². The van der Waals surface area contributed by atoms with Crippen molar-refractivity contribution in [3.63, 3.8) is 0 Å². The highest BCUT2D eigenvalue weighted by Crippen LogP contribution is 2.31. The molecule has 0 unspecified atom stereocenters. The molecule has 8 heteroatoms. The van der Waals surface area contributed by atoms with Crippen molar-refractivity contribution >= 4 is 17.5 Å². The number of carbonyl (C=O) groups is 1. The Morgan fingerprint density at radius 3 is 2.74 bits per heavy atom. The van der Waals surface area contributed by atoms with E-state index in [1.54, 1.807) is 24.3 Å². The molecule has 4 rings (SSSR count). The standard InChI is InChI=1S/C23H24ClN3O4/c1-14-10-18(27-31-14)13-30-23-19(15-6-8-17(24)9-7-15)11-16(12-25-23)22(29)26-20-4-2-3-5-21(20)28/h6-12,20-21,28H,2-5,13H2,1H3,(H,26,29)/t20-,21-/m1/s1. The Hall–Kier alpha value is -2.90. The maximum atomic E-state index is 12.8. The molecule has 0 radical (unpaired) electrons. The Balaban J connectivity index is 1.59. The summed E-state index contributed by atoms with van der Waals surface area (Å²) in [6.07, 6.45) is 4.40. The SMILES string of the molecule is Cc1cc(COc2ncc(C(=O)N[C@@H]3CCCC[C@H]3O)cc2-c2ccc(Cl)cc2)no1. The molecular weight excluding hydrogens is 418 g/mol. The van der Waals surface area contributed by atoms with Gasteiger partial charge in [0.25, 0.3) is 5.91 Å². The van der Waals surface area contributed by atoms with Gasteiger partial charge in [0.05, 0.1) is 17.7 Å². The number of pyridine rings is 1. The number of amides is 1. The van der Waals surface area contributed by atoms with Crippen LogP contribution in [0.25, 0.3) is 11.1 Å². The van der Waals surface area contributed by atoms with Crippen molar-refractivity contribution in [3.05, 3.63) is 64.6 Å². The largest absolute Gasteiger partial charge is 0.471 e. The molecule has 0 spiro atoms. The minimum atomic E-state index is -0.519. The number of aromatic nitrogens is 2. The first-order chi connectivity index (χ1) is 15.0. The van der Waals surface area contributed by atoms with E-state index in [4.69, 9.17) is 20.9 Å². The smallest absolute Gasteiger partial charge is 0.253 e. The van der Waals surface area contributed by atoms with Crippen LogP contribution in [0.5, 0.6) is 5.88 Å². The molecule has 3 aromatic rings. The third-order valence-corrected chi connectivity index (χ3v) is 5.60. The number of hydrogen-bond donors (Lipinski definition) is 2. The molecule has 2 atom stereocenters. The number of carbonyl (C=O) groups excluding carboxylic acids is 1. The predicted molar refractivity (Wildman–Crippen MR) is 116 cm³/mol. The van der Waals surface area contributed by atoms with Gasteiger partial charge in [0, 0.05) is 22.8 Å². The van der Waals surface area contributed by atoms with Gasteiger partial charge in [-0.25, -0.2) is 4.98 Å². The average Bonchev–Trinajstić information content (AvgIpc) is 3.19. The van der Waals surface area contributed by atoms with Crippen LogP contribution in [-0.4, -0.2) is 33.3 Å². The second-order valence-corrected chi connectivity index (χ2v) is 8.17. The fraction of sp³-hybridized carbons (Fsp3) is 0.348. The maximum absolute atomic E-state index is 12.8. The Kier molecular flexibility index (Phi) is 6.53. The van der Waals surface area contributed by atoms with Gasteiger partial charge in [-0.05, 0) is 43.5 Å². The van der Waals surface area contributed by atoms with Gasteiger partial charge in [0.2, 0.25) is 5.88 Å². The second-order valence-electron chi connectivity index (χ2n) is 7.73. The van der Waals surface area contributed by atoms with Gasteiger partial charge in [-0.3, -0.25) is 4.79 Å². The van der Waals surface area contributed by atoms with Crippen LogP contribution in [-0.2, 0) is 6.61 Å². The lowest BCUT2D eigenvalue weighted by molar-refractivity contribution is 0.0717. The molecule has 1 aliphatic rings. The highest BCUT2D eigenvalue weighted by molar-refractivity contribution is 6.30. The number of rotatable bonds is 6. The normalized spacial score (nSPS) is 18.5. The molecule has 1 aromatic carbocycles. The average molecular weight is 442 g/mol. The number of halogens is 1. The molecule has 2 heterocycles. The van der Waals surface area contributed by atoms with Crippen LogP contribution in [0.2, 0.25) is 5.02 Å².